The zero-order valence-electron chi connectivity index (χ0n) is 14.0. The van der Waals surface area contributed by atoms with E-state index in [1.165, 1.54) is 10.6 Å². The lowest BCUT2D eigenvalue weighted by Gasteiger charge is -2.27. The van der Waals surface area contributed by atoms with E-state index < -0.39 is 0 Å². The van der Waals surface area contributed by atoms with Gasteiger partial charge in [-0.3, -0.25) is 4.79 Å². The van der Waals surface area contributed by atoms with E-state index in [1.54, 1.807) is 35.2 Å². The van der Waals surface area contributed by atoms with Crippen molar-refractivity contribution in [3.63, 3.8) is 0 Å². The van der Waals surface area contributed by atoms with Gasteiger partial charge >= 0.3 is 6.03 Å². The largest absolute Gasteiger partial charge is 0.344 e. The van der Waals surface area contributed by atoms with Crippen LogP contribution in [0.1, 0.15) is 40.8 Å². The number of thiazole rings is 1. The van der Waals surface area contributed by atoms with Gasteiger partial charge in [0.1, 0.15) is 6.04 Å². The predicted octanol–water partition coefficient (Wildman–Crippen LogP) is 1.74. The number of likely N-dealkylation sites (N-methyl/N-ethyl adjacent to an activating group) is 2. The van der Waals surface area contributed by atoms with Gasteiger partial charge in [0.15, 0.2) is 0 Å². The van der Waals surface area contributed by atoms with Gasteiger partial charge in [-0.25, -0.2) is 9.78 Å². The Labute approximate surface area is 140 Å². The van der Waals surface area contributed by atoms with E-state index in [0.29, 0.717) is 25.4 Å². The summed E-state index contributed by atoms with van der Waals surface area (Å²) in [4.78, 5) is 33.7. The summed E-state index contributed by atoms with van der Waals surface area (Å²) in [7, 11) is 3.57. The smallest absolute Gasteiger partial charge is 0.317 e. The van der Waals surface area contributed by atoms with E-state index in [9.17, 15) is 9.59 Å². The molecule has 1 aromatic rings. The van der Waals surface area contributed by atoms with Crippen molar-refractivity contribution in [2.24, 2.45) is 0 Å². The first kappa shape index (κ1) is 16.2. The highest BCUT2D eigenvalue weighted by Gasteiger charge is 2.32. The van der Waals surface area contributed by atoms with Crippen molar-refractivity contribution >= 4 is 23.3 Å². The van der Waals surface area contributed by atoms with Crippen molar-refractivity contribution in [3.8, 4) is 0 Å². The summed E-state index contributed by atoms with van der Waals surface area (Å²) in [6, 6.07) is -0.545. The topological polar surface area (TPSA) is 65.5 Å². The van der Waals surface area contributed by atoms with Crippen molar-refractivity contribution in [3.05, 3.63) is 15.6 Å². The average Bonchev–Trinajstić information content (AvgIpc) is 3.04. The molecule has 0 saturated carbocycles. The van der Waals surface area contributed by atoms with Crippen LogP contribution in [0.4, 0.5) is 4.79 Å². The molecule has 1 fully saturated rings. The van der Waals surface area contributed by atoms with E-state index in [1.807, 2.05) is 6.92 Å². The number of hydrogen-bond donors (Lipinski definition) is 1. The molecule has 3 rings (SSSR count). The Kier molecular flexibility index (Phi) is 4.57. The highest BCUT2D eigenvalue weighted by atomic mass is 32.1. The highest BCUT2D eigenvalue weighted by molar-refractivity contribution is 7.11. The van der Waals surface area contributed by atoms with Gasteiger partial charge < -0.3 is 15.1 Å². The van der Waals surface area contributed by atoms with Gasteiger partial charge in [-0.05, 0) is 32.6 Å². The molecule has 6 nitrogen and oxygen atoms in total. The second-order valence-electron chi connectivity index (χ2n) is 6.56. The second-order valence-corrected chi connectivity index (χ2v) is 7.85. The van der Waals surface area contributed by atoms with E-state index in [-0.39, 0.29) is 18.0 Å². The Balaban J connectivity index is 1.60. The lowest BCUT2D eigenvalue weighted by atomic mass is 9.90. The number of likely N-dealkylation sites (tertiary alicyclic amines) is 1. The fourth-order valence-corrected chi connectivity index (χ4v) is 4.50. The molecule has 3 amide bonds. The third-order valence-electron chi connectivity index (χ3n) is 4.74. The van der Waals surface area contributed by atoms with Gasteiger partial charge in [-0.15, -0.1) is 11.3 Å². The first-order valence-electron chi connectivity index (χ1n) is 8.18. The molecule has 0 radical (unpaired) electrons. The molecule has 1 aromatic heterocycles. The minimum absolute atomic E-state index is 0.00169. The van der Waals surface area contributed by atoms with E-state index in [0.717, 1.165) is 24.3 Å². The lowest BCUT2D eigenvalue weighted by molar-refractivity contribution is -0.128. The zero-order valence-corrected chi connectivity index (χ0v) is 14.8. The number of rotatable bonds is 3. The Morgan fingerprint density at radius 2 is 2.26 bits per heavy atom. The molecule has 0 aromatic carbocycles. The summed E-state index contributed by atoms with van der Waals surface area (Å²) >= 11 is 1.78. The van der Waals surface area contributed by atoms with Crippen LogP contribution in [0.5, 0.6) is 0 Å². The third kappa shape index (κ3) is 3.34. The number of aromatic nitrogens is 1. The van der Waals surface area contributed by atoms with Crippen molar-refractivity contribution in [2.75, 3.05) is 27.2 Å². The molecular weight excluding hydrogens is 312 g/mol. The third-order valence-corrected chi connectivity index (χ3v) is 5.79. The van der Waals surface area contributed by atoms with Crippen molar-refractivity contribution < 1.29 is 9.59 Å². The van der Waals surface area contributed by atoms with Gasteiger partial charge in [0.2, 0.25) is 5.91 Å². The molecule has 0 bridgehead atoms. The highest BCUT2D eigenvalue weighted by Crippen LogP contribution is 2.34. The van der Waals surface area contributed by atoms with Crippen molar-refractivity contribution in [1.29, 1.82) is 0 Å². The molecule has 1 N–H and O–H groups in total. The minimum atomic E-state index is -0.376. The number of carbonyl (C=O) groups is 2. The van der Waals surface area contributed by atoms with Gasteiger partial charge in [-0.1, -0.05) is 0 Å². The van der Waals surface area contributed by atoms with Crippen LogP contribution in [0, 0.1) is 6.92 Å². The normalized spacial score (nSPS) is 23.8. The Bertz CT molecular complexity index is 615. The van der Waals surface area contributed by atoms with E-state index >= 15 is 0 Å². The molecule has 0 unspecified atom stereocenters. The SMILES string of the molecule is Cc1nc2c(s1)CCC[C@@H]2CN(C)C(=O)N[C@H]1CCN(C)C1=O. The van der Waals surface area contributed by atoms with Crippen LogP contribution in [-0.2, 0) is 11.2 Å². The van der Waals surface area contributed by atoms with Crippen LogP contribution in [0.15, 0.2) is 0 Å². The summed E-state index contributed by atoms with van der Waals surface area (Å²) in [6.45, 7) is 3.40. The van der Waals surface area contributed by atoms with Crippen LogP contribution in [0.2, 0.25) is 0 Å². The molecule has 1 aliphatic heterocycles. The number of fused-ring (bicyclic) bond motifs is 1. The van der Waals surface area contributed by atoms with E-state index in [2.05, 4.69) is 10.3 Å². The Morgan fingerprint density at radius 1 is 1.48 bits per heavy atom. The molecule has 2 heterocycles. The quantitative estimate of drug-likeness (QED) is 0.914. The summed E-state index contributed by atoms with van der Waals surface area (Å²) < 4.78 is 0. The molecule has 0 spiro atoms. The van der Waals surface area contributed by atoms with E-state index in [4.69, 9.17) is 0 Å². The maximum Gasteiger partial charge on any atom is 0.317 e. The maximum atomic E-state index is 12.4. The summed E-state index contributed by atoms with van der Waals surface area (Å²) in [6.07, 6.45) is 4.02. The summed E-state index contributed by atoms with van der Waals surface area (Å²) in [5.41, 5.74) is 1.18. The van der Waals surface area contributed by atoms with Crippen LogP contribution < -0.4 is 5.32 Å². The molecule has 1 aliphatic carbocycles. The molecule has 126 valence electrons. The monoisotopic (exact) mass is 336 g/mol. The number of aryl methyl sites for hydroxylation is 2. The zero-order chi connectivity index (χ0) is 16.6. The lowest BCUT2D eigenvalue weighted by Crippen LogP contribution is -2.47. The molecule has 1 saturated heterocycles. The van der Waals surface area contributed by atoms with Gasteiger partial charge in [0.25, 0.3) is 0 Å². The second kappa shape index (κ2) is 6.47. The van der Waals surface area contributed by atoms with Crippen LogP contribution >= 0.6 is 11.3 Å². The Hall–Kier alpha value is -1.63. The molecule has 2 atom stereocenters. The van der Waals surface area contributed by atoms with Crippen molar-refractivity contribution in [2.45, 2.75) is 44.6 Å². The van der Waals surface area contributed by atoms with Crippen molar-refractivity contribution in [1.82, 2.24) is 20.1 Å². The molecule has 2 aliphatic rings. The maximum absolute atomic E-state index is 12.4. The first-order chi connectivity index (χ1) is 11.0. The number of carbonyl (C=O) groups excluding carboxylic acids is 2. The standard InChI is InChI=1S/C16H24N4O2S/c1-10-17-14-11(5-4-6-13(14)23-10)9-20(3)16(22)18-12-7-8-19(2)15(12)21/h11-12H,4-9H2,1-3H3,(H,18,22)/t11-,12+/m1/s1. The number of hydrogen-bond acceptors (Lipinski definition) is 4. The first-order valence-corrected chi connectivity index (χ1v) is 9.00. The number of nitrogens with one attached hydrogen (secondary N) is 1. The van der Waals surface area contributed by atoms with Gasteiger partial charge in [-0.2, -0.15) is 0 Å². The fraction of sp³-hybridized carbons (Fsp3) is 0.688. The summed E-state index contributed by atoms with van der Waals surface area (Å²) in [5.74, 6) is 0.309. The minimum Gasteiger partial charge on any atom is -0.344 e. The molecule has 23 heavy (non-hydrogen) atoms. The number of nitrogens with zero attached hydrogens (tertiary/aromatic N) is 3. The average molecular weight is 336 g/mol. The number of urea groups is 1. The summed E-state index contributed by atoms with van der Waals surface area (Å²) in [5, 5.41) is 3.96. The molecular formula is C16H24N4O2S. The van der Waals surface area contributed by atoms with Crippen LogP contribution in [0.3, 0.4) is 0 Å². The fourth-order valence-electron chi connectivity index (χ4n) is 3.44. The van der Waals surface area contributed by atoms with Crippen LogP contribution in [0.25, 0.3) is 0 Å². The van der Waals surface area contributed by atoms with Gasteiger partial charge in [0, 0.05) is 38.0 Å². The van der Waals surface area contributed by atoms with Crippen LogP contribution in [-0.4, -0.2) is 59.9 Å². The predicted molar refractivity (Wildman–Crippen MR) is 89.7 cm³/mol. The Morgan fingerprint density at radius 3 is 2.96 bits per heavy atom. The van der Waals surface area contributed by atoms with Gasteiger partial charge in [0.05, 0.1) is 10.7 Å². The number of amides is 3. The molecule has 7 heteroatoms.